The van der Waals surface area contributed by atoms with E-state index in [1.807, 2.05) is 30.3 Å². The van der Waals surface area contributed by atoms with Crippen molar-refractivity contribution in [3.8, 4) is 5.75 Å². The molecular formula is C22H25N3O2. The van der Waals surface area contributed by atoms with Crippen LogP contribution in [-0.4, -0.2) is 18.3 Å². The molecule has 0 aliphatic carbocycles. The maximum Gasteiger partial charge on any atom is 0.245 e. The third kappa shape index (κ3) is 7.30. The Hall–Kier alpha value is -3.18. The molecule has 3 N–H and O–H groups in total. The molecule has 0 spiro atoms. The molecule has 2 aromatic rings. The van der Waals surface area contributed by atoms with Gasteiger partial charge in [-0.25, -0.2) is 4.99 Å². The number of ether oxygens (including phenoxy) is 1. The number of nitrogens with zero attached hydrogens (tertiary/aromatic N) is 1. The van der Waals surface area contributed by atoms with Crippen LogP contribution in [0.5, 0.6) is 5.75 Å². The molecule has 140 valence electrons. The van der Waals surface area contributed by atoms with Gasteiger partial charge in [0.15, 0.2) is 0 Å². The van der Waals surface area contributed by atoms with Crippen LogP contribution in [0.25, 0.3) is 0 Å². The number of rotatable bonds is 9. The first-order chi connectivity index (χ1) is 13.1. The first-order valence-electron chi connectivity index (χ1n) is 8.76. The number of nitrogens with one attached hydrogen (secondary N) is 1. The molecular weight excluding hydrogens is 338 g/mol. The third-order valence-electron chi connectivity index (χ3n) is 3.86. The number of benzene rings is 2. The highest BCUT2D eigenvalue weighted by Crippen LogP contribution is 2.13. The van der Waals surface area contributed by atoms with Crippen LogP contribution in [0.3, 0.4) is 0 Å². The van der Waals surface area contributed by atoms with Gasteiger partial charge in [0.25, 0.3) is 0 Å². The van der Waals surface area contributed by atoms with Gasteiger partial charge in [-0.2, -0.15) is 0 Å². The normalized spacial score (nSPS) is 11.9. The Bertz CT molecular complexity index is 809. The first-order valence-corrected chi connectivity index (χ1v) is 8.76. The monoisotopic (exact) mass is 363 g/mol. The van der Waals surface area contributed by atoms with Crippen molar-refractivity contribution in [3.63, 3.8) is 0 Å². The standard InChI is InChI=1S/C22H25N3O2/c1-3-21(25-15-17(2)22(23)26)27-20-11-9-19(10-12-20)16-24-14-13-18-7-5-4-6-8-18/h3-12,15,24H,1,13-14,16H2,2H3,(H2,23,26)/b17-15+,25-21?. The first kappa shape index (κ1) is 20.1. The van der Waals surface area contributed by atoms with Crippen LogP contribution >= 0.6 is 0 Å². The summed E-state index contributed by atoms with van der Waals surface area (Å²) in [5, 5.41) is 3.43. The lowest BCUT2D eigenvalue weighted by Crippen LogP contribution is -2.16. The molecule has 2 aromatic carbocycles. The average molecular weight is 363 g/mol. The predicted octanol–water partition coefficient (Wildman–Crippen LogP) is 3.37. The molecule has 0 radical (unpaired) electrons. The zero-order valence-corrected chi connectivity index (χ0v) is 15.5. The molecule has 27 heavy (non-hydrogen) atoms. The van der Waals surface area contributed by atoms with E-state index in [4.69, 9.17) is 10.5 Å². The van der Waals surface area contributed by atoms with E-state index in [2.05, 4.69) is 41.2 Å². The molecule has 2 rings (SSSR count). The Labute approximate surface area is 160 Å². The summed E-state index contributed by atoms with van der Waals surface area (Å²) in [7, 11) is 0. The predicted molar refractivity (Wildman–Crippen MR) is 110 cm³/mol. The number of hydrogen-bond donors (Lipinski definition) is 2. The highest BCUT2D eigenvalue weighted by molar-refractivity contribution is 5.93. The third-order valence-corrected chi connectivity index (χ3v) is 3.86. The van der Waals surface area contributed by atoms with Gasteiger partial charge in [-0.05, 0) is 49.2 Å². The van der Waals surface area contributed by atoms with E-state index in [0.29, 0.717) is 17.2 Å². The summed E-state index contributed by atoms with van der Waals surface area (Å²) in [6.07, 6.45) is 3.84. The van der Waals surface area contributed by atoms with Crippen LogP contribution < -0.4 is 15.8 Å². The van der Waals surface area contributed by atoms with Gasteiger partial charge in [0.2, 0.25) is 11.8 Å². The summed E-state index contributed by atoms with van der Waals surface area (Å²) in [5.41, 5.74) is 8.00. The topological polar surface area (TPSA) is 76.7 Å². The minimum Gasteiger partial charge on any atom is -0.439 e. The molecule has 0 aliphatic rings. The number of aliphatic imine (C=N–C) groups is 1. The molecule has 0 aromatic heterocycles. The zero-order chi connectivity index (χ0) is 19.5. The van der Waals surface area contributed by atoms with Gasteiger partial charge < -0.3 is 15.8 Å². The van der Waals surface area contributed by atoms with E-state index in [1.54, 1.807) is 6.92 Å². The van der Waals surface area contributed by atoms with Crippen molar-refractivity contribution in [2.24, 2.45) is 10.7 Å². The van der Waals surface area contributed by atoms with Crippen LogP contribution in [0.15, 0.2) is 84.0 Å². The van der Waals surface area contributed by atoms with Gasteiger partial charge in [-0.3, -0.25) is 4.79 Å². The van der Waals surface area contributed by atoms with E-state index in [0.717, 1.165) is 25.1 Å². The molecule has 0 bridgehead atoms. The lowest BCUT2D eigenvalue weighted by molar-refractivity contribution is -0.114. The van der Waals surface area contributed by atoms with E-state index in [-0.39, 0.29) is 0 Å². The second kappa shape index (κ2) is 10.7. The Morgan fingerprint density at radius 1 is 1.15 bits per heavy atom. The Balaban J connectivity index is 1.83. The number of primary amides is 1. The number of carbonyl (C=O) groups is 1. The van der Waals surface area contributed by atoms with Crippen LogP contribution in [0.4, 0.5) is 0 Å². The molecule has 0 atom stereocenters. The van der Waals surface area contributed by atoms with Gasteiger partial charge in [-0.1, -0.05) is 49.0 Å². The summed E-state index contributed by atoms with van der Waals surface area (Å²) in [5.74, 6) is 0.419. The van der Waals surface area contributed by atoms with Crippen LogP contribution in [-0.2, 0) is 17.8 Å². The van der Waals surface area contributed by atoms with Crippen molar-refractivity contribution in [1.29, 1.82) is 0 Å². The minimum atomic E-state index is -0.522. The number of amides is 1. The van der Waals surface area contributed by atoms with Gasteiger partial charge in [-0.15, -0.1) is 0 Å². The Kier molecular flexibility index (Phi) is 8.00. The molecule has 0 fully saturated rings. The van der Waals surface area contributed by atoms with Crippen molar-refractivity contribution in [2.75, 3.05) is 6.54 Å². The molecule has 5 heteroatoms. The van der Waals surface area contributed by atoms with Crippen molar-refractivity contribution in [2.45, 2.75) is 19.9 Å². The smallest absolute Gasteiger partial charge is 0.245 e. The van der Waals surface area contributed by atoms with Crippen molar-refractivity contribution in [3.05, 3.63) is 90.2 Å². The van der Waals surface area contributed by atoms with Gasteiger partial charge in [0.1, 0.15) is 5.75 Å². The molecule has 0 aliphatic heterocycles. The van der Waals surface area contributed by atoms with Crippen molar-refractivity contribution >= 4 is 11.8 Å². The van der Waals surface area contributed by atoms with Crippen LogP contribution in [0.1, 0.15) is 18.1 Å². The fourth-order valence-corrected chi connectivity index (χ4v) is 2.25. The second-order valence-corrected chi connectivity index (χ2v) is 6.01. The van der Waals surface area contributed by atoms with Crippen LogP contribution in [0, 0.1) is 0 Å². The fourth-order valence-electron chi connectivity index (χ4n) is 2.25. The second-order valence-electron chi connectivity index (χ2n) is 6.01. The van der Waals surface area contributed by atoms with Crippen molar-refractivity contribution < 1.29 is 9.53 Å². The summed E-state index contributed by atoms with van der Waals surface area (Å²) in [4.78, 5) is 15.1. The molecule has 1 amide bonds. The maximum atomic E-state index is 11.0. The number of carbonyl (C=O) groups excluding carboxylic acids is 1. The molecule has 0 unspecified atom stereocenters. The average Bonchev–Trinajstić information content (AvgIpc) is 2.70. The molecule has 0 heterocycles. The Morgan fingerprint density at radius 2 is 1.85 bits per heavy atom. The van der Waals surface area contributed by atoms with Crippen molar-refractivity contribution in [1.82, 2.24) is 5.32 Å². The highest BCUT2D eigenvalue weighted by Gasteiger charge is 2.01. The van der Waals surface area contributed by atoms with Gasteiger partial charge >= 0.3 is 0 Å². The minimum absolute atomic E-state index is 0.296. The SMILES string of the molecule is C=CC(=N/C=C(\C)C(N)=O)Oc1ccc(CNCCc2ccccc2)cc1. The van der Waals surface area contributed by atoms with E-state index in [9.17, 15) is 4.79 Å². The highest BCUT2D eigenvalue weighted by atomic mass is 16.5. The van der Waals surface area contributed by atoms with E-state index >= 15 is 0 Å². The van der Waals surface area contributed by atoms with E-state index in [1.165, 1.54) is 17.8 Å². The molecule has 0 saturated carbocycles. The number of nitrogens with two attached hydrogens (primary N) is 1. The lowest BCUT2D eigenvalue weighted by Gasteiger charge is -2.08. The summed E-state index contributed by atoms with van der Waals surface area (Å²) in [6, 6.07) is 18.1. The fraction of sp³-hybridized carbons (Fsp3) is 0.182. The van der Waals surface area contributed by atoms with Gasteiger partial charge in [0, 0.05) is 18.3 Å². The van der Waals surface area contributed by atoms with Crippen LogP contribution in [0.2, 0.25) is 0 Å². The van der Waals surface area contributed by atoms with E-state index < -0.39 is 5.91 Å². The molecule has 5 nitrogen and oxygen atoms in total. The largest absolute Gasteiger partial charge is 0.439 e. The molecule has 0 saturated heterocycles. The lowest BCUT2D eigenvalue weighted by atomic mass is 10.1. The Morgan fingerprint density at radius 3 is 2.48 bits per heavy atom. The quantitative estimate of drug-likeness (QED) is 0.310. The number of hydrogen-bond acceptors (Lipinski definition) is 4. The maximum absolute atomic E-state index is 11.0. The zero-order valence-electron chi connectivity index (χ0n) is 15.5. The summed E-state index contributed by atoms with van der Waals surface area (Å²) in [6.45, 7) is 6.96. The summed E-state index contributed by atoms with van der Waals surface area (Å²) >= 11 is 0. The van der Waals surface area contributed by atoms with Gasteiger partial charge in [0.05, 0.1) is 0 Å². The summed E-state index contributed by atoms with van der Waals surface area (Å²) < 4.78 is 5.65.